The summed E-state index contributed by atoms with van der Waals surface area (Å²) < 4.78 is 10.8. The summed E-state index contributed by atoms with van der Waals surface area (Å²) in [4.78, 5) is 10.8. The first kappa shape index (κ1) is 13.1. The Hall–Kier alpha value is 0.0700. The number of carbonyl (C=O) groups excluding carboxylic acids is 1. The minimum Gasteiger partial charge on any atom is -0.445 e. The highest BCUT2D eigenvalue weighted by atomic mass is 35.5. The van der Waals surface area contributed by atoms with Crippen LogP contribution in [0.5, 0.6) is 0 Å². The van der Waals surface area contributed by atoms with Crippen LogP contribution in [0.3, 0.4) is 0 Å². The number of hydrogen-bond donors (Lipinski definition) is 0. The van der Waals surface area contributed by atoms with Gasteiger partial charge in [0.1, 0.15) is 5.38 Å². The van der Waals surface area contributed by atoms with Gasteiger partial charge in [-0.25, -0.2) is 0 Å². The van der Waals surface area contributed by atoms with Crippen molar-refractivity contribution in [3.63, 3.8) is 0 Å². The molecule has 0 saturated carbocycles. The van der Waals surface area contributed by atoms with Crippen molar-refractivity contribution in [2.45, 2.75) is 37.0 Å². The molecule has 0 aromatic rings. The Morgan fingerprint density at radius 2 is 2.33 bits per heavy atom. The lowest BCUT2D eigenvalue weighted by Crippen LogP contribution is -2.37. The van der Waals surface area contributed by atoms with E-state index in [2.05, 4.69) is 0 Å². The fourth-order valence-corrected chi connectivity index (χ4v) is 2.38. The van der Waals surface area contributed by atoms with Gasteiger partial charge in [-0.3, -0.25) is 4.79 Å². The smallest absolute Gasteiger partial charge is 0.325 e. The number of hydrogen-bond acceptors (Lipinski definition) is 4. The van der Waals surface area contributed by atoms with E-state index >= 15 is 0 Å². The Morgan fingerprint density at radius 3 is 3.00 bits per heavy atom. The molecule has 2 unspecified atom stereocenters. The quantitative estimate of drug-likeness (QED) is 0.559. The first-order valence-electron chi connectivity index (χ1n) is 5.12. The van der Waals surface area contributed by atoms with Crippen LogP contribution in [0.1, 0.15) is 26.7 Å². The van der Waals surface area contributed by atoms with Gasteiger partial charge in [0.05, 0.1) is 6.61 Å². The summed E-state index contributed by atoms with van der Waals surface area (Å²) in [5, 5.41) is -0.604. The Balaban J connectivity index is 2.50. The molecular formula is C10H17ClO3S. The standard InChI is InChI=1S/C10H17ClO3S/c1-8(11)9(12)14-10(2)7-13-5-3-4-6-15-10/h8H,3-7H2,1-2H3. The van der Waals surface area contributed by atoms with Gasteiger partial charge in [0.2, 0.25) is 0 Å². The summed E-state index contributed by atoms with van der Waals surface area (Å²) in [6, 6.07) is 0. The van der Waals surface area contributed by atoms with Gasteiger partial charge in [0.25, 0.3) is 0 Å². The number of ether oxygens (including phenoxy) is 2. The van der Waals surface area contributed by atoms with Crippen LogP contribution in [-0.2, 0) is 14.3 Å². The summed E-state index contributed by atoms with van der Waals surface area (Å²) in [5.74, 6) is 0.611. The molecule has 15 heavy (non-hydrogen) atoms. The third-order valence-electron chi connectivity index (χ3n) is 2.10. The first-order valence-corrected chi connectivity index (χ1v) is 6.54. The molecule has 1 aliphatic heterocycles. The van der Waals surface area contributed by atoms with E-state index in [9.17, 15) is 4.79 Å². The number of esters is 1. The molecule has 0 amide bonds. The van der Waals surface area contributed by atoms with Crippen molar-refractivity contribution in [1.82, 2.24) is 0 Å². The maximum atomic E-state index is 11.4. The number of rotatable bonds is 2. The van der Waals surface area contributed by atoms with Crippen LogP contribution in [0.2, 0.25) is 0 Å². The lowest BCUT2D eigenvalue weighted by molar-refractivity contribution is -0.153. The molecule has 5 heteroatoms. The van der Waals surface area contributed by atoms with E-state index < -0.39 is 10.3 Å². The number of thioether (sulfide) groups is 1. The van der Waals surface area contributed by atoms with Gasteiger partial charge >= 0.3 is 5.97 Å². The van der Waals surface area contributed by atoms with Crippen LogP contribution < -0.4 is 0 Å². The van der Waals surface area contributed by atoms with Crippen molar-refractivity contribution >= 4 is 29.3 Å². The molecule has 0 N–H and O–H groups in total. The third kappa shape index (κ3) is 4.62. The van der Waals surface area contributed by atoms with E-state index in [1.165, 1.54) is 0 Å². The molecule has 88 valence electrons. The van der Waals surface area contributed by atoms with Crippen molar-refractivity contribution < 1.29 is 14.3 Å². The summed E-state index contributed by atoms with van der Waals surface area (Å²) in [7, 11) is 0. The normalized spacial score (nSPS) is 30.1. The zero-order valence-electron chi connectivity index (χ0n) is 9.12. The lowest BCUT2D eigenvalue weighted by Gasteiger charge is -2.30. The van der Waals surface area contributed by atoms with E-state index in [-0.39, 0.29) is 5.97 Å². The molecule has 2 atom stereocenters. The Kier molecular flexibility index (Phi) is 5.23. The molecule has 1 aliphatic rings. The van der Waals surface area contributed by atoms with E-state index in [1.807, 2.05) is 6.92 Å². The van der Waals surface area contributed by atoms with Crippen molar-refractivity contribution in [2.24, 2.45) is 0 Å². The zero-order valence-corrected chi connectivity index (χ0v) is 10.7. The fraction of sp³-hybridized carbons (Fsp3) is 0.900. The average Bonchev–Trinajstić information content (AvgIpc) is 2.12. The first-order chi connectivity index (χ1) is 7.03. The summed E-state index contributed by atoms with van der Waals surface area (Å²) in [6.45, 7) is 4.67. The fourth-order valence-electron chi connectivity index (χ4n) is 1.25. The van der Waals surface area contributed by atoms with E-state index in [0.717, 1.165) is 25.2 Å². The molecule has 3 nitrogen and oxygen atoms in total. The lowest BCUT2D eigenvalue weighted by atomic mass is 10.3. The molecule has 1 saturated heterocycles. The molecule has 1 rings (SSSR count). The van der Waals surface area contributed by atoms with Gasteiger partial charge in [-0.1, -0.05) is 0 Å². The highest BCUT2D eigenvalue weighted by Crippen LogP contribution is 2.30. The molecule has 1 fully saturated rings. The molecule has 0 aromatic heterocycles. The van der Waals surface area contributed by atoms with E-state index in [1.54, 1.807) is 18.7 Å². The van der Waals surface area contributed by atoms with Crippen LogP contribution in [0, 0.1) is 0 Å². The molecular weight excluding hydrogens is 236 g/mol. The third-order valence-corrected chi connectivity index (χ3v) is 3.58. The van der Waals surface area contributed by atoms with Gasteiger partial charge in [0, 0.05) is 6.61 Å². The second kappa shape index (κ2) is 5.97. The predicted octanol–water partition coefficient (Wildman–Crippen LogP) is 2.42. The predicted molar refractivity (Wildman–Crippen MR) is 62.3 cm³/mol. The molecule has 1 heterocycles. The van der Waals surface area contributed by atoms with E-state index in [0.29, 0.717) is 6.61 Å². The maximum absolute atomic E-state index is 11.4. The van der Waals surface area contributed by atoms with Gasteiger partial charge in [0.15, 0.2) is 4.93 Å². The Labute approximate surface area is 99.8 Å². The van der Waals surface area contributed by atoms with Crippen LogP contribution in [-0.4, -0.2) is 35.2 Å². The number of carbonyl (C=O) groups is 1. The van der Waals surface area contributed by atoms with Crippen LogP contribution in [0.4, 0.5) is 0 Å². The minimum absolute atomic E-state index is 0.379. The molecule has 0 aromatic carbocycles. The van der Waals surface area contributed by atoms with Crippen molar-refractivity contribution in [2.75, 3.05) is 19.0 Å². The van der Waals surface area contributed by atoms with Gasteiger partial charge < -0.3 is 9.47 Å². The van der Waals surface area contributed by atoms with Gasteiger partial charge in [-0.2, -0.15) is 0 Å². The second-order valence-electron chi connectivity index (χ2n) is 3.78. The van der Waals surface area contributed by atoms with Gasteiger partial charge in [-0.15, -0.1) is 23.4 Å². The molecule has 0 radical (unpaired) electrons. The van der Waals surface area contributed by atoms with Crippen LogP contribution in [0.25, 0.3) is 0 Å². The molecule has 0 aliphatic carbocycles. The zero-order chi connectivity index (χ0) is 11.3. The highest BCUT2D eigenvalue weighted by Gasteiger charge is 2.31. The SMILES string of the molecule is CC(Cl)C(=O)OC1(C)COCCCCS1. The van der Waals surface area contributed by atoms with Crippen molar-refractivity contribution in [1.29, 1.82) is 0 Å². The van der Waals surface area contributed by atoms with E-state index in [4.69, 9.17) is 21.1 Å². The largest absolute Gasteiger partial charge is 0.445 e. The van der Waals surface area contributed by atoms with Gasteiger partial charge in [-0.05, 0) is 32.4 Å². The second-order valence-corrected chi connectivity index (χ2v) is 5.99. The monoisotopic (exact) mass is 252 g/mol. The van der Waals surface area contributed by atoms with Crippen molar-refractivity contribution in [3.8, 4) is 0 Å². The Bertz CT molecular complexity index is 213. The maximum Gasteiger partial charge on any atom is 0.325 e. The Morgan fingerprint density at radius 1 is 1.60 bits per heavy atom. The minimum atomic E-state index is -0.604. The van der Waals surface area contributed by atoms with Crippen LogP contribution in [0.15, 0.2) is 0 Å². The average molecular weight is 253 g/mol. The summed E-state index contributed by atoms with van der Waals surface area (Å²) in [6.07, 6.45) is 2.16. The summed E-state index contributed by atoms with van der Waals surface area (Å²) in [5.41, 5.74) is 0. The summed E-state index contributed by atoms with van der Waals surface area (Å²) >= 11 is 7.28. The topological polar surface area (TPSA) is 35.5 Å². The highest BCUT2D eigenvalue weighted by molar-refractivity contribution is 8.00. The number of alkyl halides is 1. The number of halogens is 1. The van der Waals surface area contributed by atoms with Crippen LogP contribution >= 0.6 is 23.4 Å². The van der Waals surface area contributed by atoms with Crippen molar-refractivity contribution in [3.05, 3.63) is 0 Å². The molecule has 0 bridgehead atoms. The molecule has 0 spiro atoms.